The Morgan fingerprint density at radius 1 is 1.44 bits per heavy atom. The highest BCUT2D eigenvalue weighted by atomic mass is 16.3. The van der Waals surface area contributed by atoms with Crippen molar-refractivity contribution in [3.05, 3.63) is 35.4 Å². The van der Waals surface area contributed by atoms with E-state index < -0.39 is 0 Å². The Labute approximate surface area is 108 Å². The number of nitrogens with one attached hydrogen (secondary N) is 1. The lowest BCUT2D eigenvalue weighted by atomic mass is 10.0. The number of hydrogen-bond acceptors (Lipinski definition) is 4. The van der Waals surface area contributed by atoms with Crippen LogP contribution < -0.4 is 11.3 Å². The van der Waals surface area contributed by atoms with E-state index in [1.165, 1.54) is 0 Å². The van der Waals surface area contributed by atoms with E-state index in [9.17, 15) is 9.90 Å². The van der Waals surface area contributed by atoms with Gasteiger partial charge in [0.05, 0.1) is 6.61 Å². The molecule has 0 unspecified atom stereocenters. The summed E-state index contributed by atoms with van der Waals surface area (Å²) in [6.45, 7) is 4.50. The summed E-state index contributed by atoms with van der Waals surface area (Å²) in [6.07, 6.45) is 0. The summed E-state index contributed by atoms with van der Waals surface area (Å²) in [5.74, 6) is 4.86. The second kappa shape index (κ2) is 5.95. The molecule has 0 aliphatic carbocycles. The molecule has 0 heterocycles. The topological polar surface area (TPSA) is 78.6 Å². The Hall–Kier alpha value is -1.43. The maximum absolute atomic E-state index is 11.6. The summed E-state index contributed by atoms with van der Waals surface area (Å²) in [7, 11) is 1.91. The van der Waals surface area contributed by atoms with Crippen molar-refractivity contribution in [2.75, 3.05) is 13.7 Å². The zero-order valence-electron chi connectivity index (χ0n) is 11.1. The molecule has 0 fully saturated rings. The number of carbonyl (C=O) groups excluding carboxylic acids is 1. The van der Waals surface area contributed by atoms with E-state index >= 15 is 0 Å². The Balaban J connectivity index is 2.94. The second-order valence-corrected chi connectivity index (χ2v) is 4.96. The highest BCUT2D eigenvalue weighted by molar-refractivity contribution is 5.95. The van der Waals surface area contributed by atoms with Crippen molar-refractivity contribution in [3.8, 4) is 0 Å². The molecule has 5 nitrogen and oxygen atoms in total. The van der Waals surface area contributed by atoms with E-state index in [1.54, 1.807) is 12.1 Å². The molecule has 5 heteroatoms. The minimum atomic E-state index is -0.341. The number of rotatable bonds is 5. The number of aliphatic hydroxyl groups excluding tert-OH is 1. The van der Waals surface area contributed by atoms with Gasteiger partial charge in [0, 0.05) is 17.6 Å². The molecular formula is C13H21N3O2. The van der Waals surface area contributed by atoms with Gasteiger partial charge < -0.3 is 5.11 Å². The Kier molecular flexibility index (Phi) is 4.84. The van der Waals surface area contributed by atoms with Crippen LogP contribution in [0.15, 0.2) is 24.3 Å². The lowest BCUT2D eigenvalue weighted by Crippen LogP contribution is -2.44. The number of hydrogen-bond donors (Lipinski definition) is 3. The first-order valence-electron chi connectivity index (χ1n) is 5.83. The maximum Gasteiger partial charge on any atom is 0.265 e. The van der Waals surface area contributed by atoms with Crippen LogP contribution in [0.1, 0.15) is 29.8 Å². The number of aliphatic hydroxyl groups is 1. The van der Waals surface area contributed by atoms with Crippen molar-refractivity contribution in [2.45, 2.75) is 25.9 Å². The predicted molar refractivity (Wildman–Crippen MR) is 70.7 cm³/mol. The maximum atomic E-state index is 11.6. The number of nitrogens with zero attached hydrogens (tertiary/aromatic N) is 1. The Morgan fingerprint density at radius 2 is 2.06 bits per heavy atom. The highest BCUT2D eigenvalue weighted by Gasteiger charge is 2.23. The summed E-state index contributed by atoms with van der Waals surface area (Å²) < 4.78 is 0. The van der Waals surface area contributed by atoms with E-state index in [0.717, 1.165) is 5.56 Å². The van der Waals surface area contributed by atoms with Crippen LogP contribution in [0, 0.1) is 0 Å². The number of nitrogens with two attached hydrogens (primary N) is 1. The summed E-state index contributed by atoms with van der Waals surface area (Å²) in [4.78, 5) is 13.6. The molecule has 1 amide bonds. The summed E-state index contributed by atoms with van der Waals surface area (Å²) in [5.41, 5.74) is 3.24. The van der Waals surface area contributed by atoms with Gasteiger partial charge >= 0.3 is 0 Å². The number of benzene rings is 1. The number of likely N-dealkylation sites (N-methyl/N-ethyl adjacent to an activating group) is 1. The van der Waals surface area contributed by atoms with E-state index in [4.69, 9.17) is 5.84 Å². The molecule has 0 aromatic heterocycles. The van der Waals surface area contributed by atoms with Gasteiger partial charge in [0.25, 0.3) is 5.91 Å². The quantitative estimate of drug-likeness (QED) is 0.404. The molecule has 1 rings (SSSR count). The van der Waals surface area contributed by atoms with Crippen LogP contribution in [0.4, 0.5) is 0 Å². The van der Waals surface area contributed by atoms with Crippen LogP contribution >= 0.6 is 0 Å². The van der Waals surface area contributed by atoms with Crippen LogP contribution in [0.25, 0.3) is 0 Å². The van der Waals surface area contributed by atoms with Gasteiger partial charge in [-0.15, -0.1) is 0 Å². The number of carbonyl (C=O) groups is 1. The fourth-order valence-corrected chi connectivity index (χ4v) is 1.55. The van der Waals surface area contributed by atoms with Crippen LogP contribution in [-0.4, -0.2) is 35.1 Å². The molecule has 0 radical (unpaired) electrons. The lowest BCUT2D eigenvalue weighted by Gasteiger charge is -2.34. The van der Waals surface area contributed by atoms with Gasteiger partial charge in [-0.1, -0.05) is 18.2 Å². The normalized spacial score (nSPS) is 11.7. The minimum absolute atomic E-state index is 0.0503. The van der Waals surface area contributed by atoms with E-state index in [0.29, 0.717) is 12.1 Å². The fourth-order valence-electron chi connectivity index (χ4n) is 1.55. The third-order valence-corrected chi connectivity index (χ3v) is 3.22. The van der Waals surface area contributed by atoms with E-state index in [2.05, 4.69) is 5.43 Å². The zero-order chi connectivity index (χ0) is 13.8. The molecule has 0 aliphatic heterocycles. The molecular weight excluding hydrogens is 230 g/mol. The fraction of sp³-hybridized carbons (Fsp3) is 0.462. The molecule has 1 aromatic carbocycles. The first-order valence-corrected chi connectivity index (χ1v) is 5.83. The summed E-state index contributed by atoms with van der Waals surface area (Å²) in [5, 5.41) is 9.33. The first-order chi connectivity index (χ1) is 8.42. The molecule has 100 valence electrons. The lowest BCUT2D eigenvalue weighted by molar-refractivity contribution is 0.0728. The van der Waals surface area contributed by atoms with Crippen molar-refractivity contribution in [1.82, 2.24) is 10.3 Å². The second-order valence-electron chi connectivity index (χ2n) is 4.96. The monoisotopic (exact) mass is 251 g/mol. The minimum Gasteiger partial charge on any atom is -0.394 e. The van der Waals surface area contributed by atoms with E-state index in [-0.39, 0.29) is 18.1 Å². The van der Waals surface area contributed by atoms with Crippen molar-refractivity contribution < 1.29 is 9.90 Å². The smallest absolute Gasteiger partial charge is 0.265 e. The predicted octanol–water partition coefficient (Wildman–Crippen LogP) is 0.493. The number of hydrazine groups is 1. The van der Waals surface area contributed by atoms with Gasteiger partial charge in [-0.25, -0.2) is 5.84 Å². The van der Waals surface area contributed by atoms with Crippen LogP contribution in [0.3, 0.4) is 0 Å². The highest BCUT2D eigenvalue weighted by Crippen LogP contribution is 2.17. The summed E-state index contributed by atoms with van der Waals surface area (Å²) >= 11 is 0. The Bertz CT molecular complexity index is 418. The van der Waals surface area contributed by atoms with Crippen molar-refractivity contribution in [2.24, 2.45) is 5.84 Å². The molecule has 0 atom stereocenters. The SMILES string of the molecule is CN(Cc1ccccc1C(=O)NN)C(C)(C)CO. The zero-order valence-corrected chi connectivity index (χ0v) is 11.1. The van der Waals surface area contributed by atoms with Crippen molar-refractivity contribution >= 4 is 5.91 Å². The van der Waals surface area contributed by atoms with Crippen molar-refractivity contribution in [3.63, 3.8) is 0 Å². The van der Waals surface area contributed by atoms with Crippen LogP contribution in [0.5, 0.6) is 0 Å². The van der Waals surface area contributed by atoms with Gasteiger partial charge in [-0.3, -0.25) is 15.1 Å². The third-order valence-electron chi connectivity index (χ3n) is 3.22. The number of nitrogen functional groups attached to an aromatic ring is 1. The van der Waals surface area contributed by atoms with Crippen LogP contribution in [0.2, 0.25) is 0 Å². The largest absolute Gasteiger partial charge is 0.394 e. The van der Waals surface area contributed by atoms with Gasteiger partial charge in [0.15, 0.2) is 0 Å². The molecule has 18 heavy (non-hydrogen) atoms. The van der Waals surface area contributed by atoms with E-state index in [1.807, 2.05) is 37.9 Å². The average Bonchev–Trinajstić information content (AvgIpc) is 2.38. The molecule has 1 aromatic rings. The molecule has 0 saturated carbocycles. The van der Waals surface area contributed by atoms with Crippen molar-refractivity contribution in [1.29, 1.82) is 0 Å². The third kappa shape index (κ3) is 3.29. The molecule has 0 bridgehead atoms. The van der Waals surface area contributed by atoms with Gasteiger partial charge in [0.2, 0.25) is 0 Å². The standard InChI is InChI=1S/C13H21N3O2/c1-13(2,9-17)16(3)8-10-6-4-5-7-11(10)12(18)15-14/h4-7,17H,8-9,14H2,1-3H3,(H,15,18). The average molecular weight is 251 g/mol. The molecule has 0 spiro atoms. The first kappa shape index (κ1) is 14.6. The van der Waals surface area contributed by atoms with Gasteiger partial charge in [0.1, 0.15) is 0 Å². The number of amides is 1. The Morgan fingerprint density at radius 3 is 2.61 bits per heavy atom. The molecule has 0 aliphatic rings. The van der Waals surface area contributed by atoms with Gasteiger partial charge in [-0.05, 0) is 32.5 Å². The van der Waals surface area contributed by atoms with Gasteiger partial charge in [-0.2, -0.15) is 0 Å². The summed E-state index contributed by atoms with van der Waals surface area (Å²) in [6, 6.07) is 7.29. The molecule has 4 N–H and O–H groups in total. The molecule has 0 saturated heterocycles. The van der Waals surface area contributed by atoms with Crippen LogP contribution in [-0.2, 0) is 6.54 Å².